The average molecular weight is 351 g/mol. The van der Waals surface area contributed by atoms with Crippen molar-refractivity contribution in [2.45, 2.75) is 13.3 Å². The SMILES string of the molecule is Cc1nc(-c2cccc(C(=O)N3CC=C(c4cccs4)CC3)c2)no1. The van der Waals surface area contributed by atoms with Crippen LogP contribution in [0.25, 0.3) is 17.0 Å². The molecule has 0 saturated carbocycles. The predicted molar refractivity (Wildman–Crippen MR) is 97.3 cm³/mol. The van der Waals surface area contributed by atoms with Crippen LogP contribution in [0.3, 0.4) is 0 Å². The van der Waals surface area contributed by atoms with E-state index >= 15 is 0 Å². The lowest BCUT2D eigenvalue weighted by molar-refractivity contribution is 0.0773. The third-order valence-corrected chi connectivity index (χ3v) is 5.17. The van der Waals surface area contributed by atoms with Crippen molar-refractivity contribution in [1.29, 1.82) is 0 Å². The Morgan fingerprint density at radius 1 is 1.28 bits per heavy atom. The zero-order valence-electron chi connectivity index (χ0n) is 13.8. The first-order chi connectivity index (χ1) is 12.2. The summed E-state index contributed by atoms with van der Waals surface area (Å²) < 4.78 is 5.02. The maximum Gasteiger partial charge on any atom is 0.254 e. The molecule has 6 heteroatoms. The number of rotatable bonds is 3. The van der Waals surface area contributed by atoms with E-state index in [1.807, 2.05) is 29.2 Å². The predicted octanol–water partition coefficient (Wildman–Crippen LogP) is 4.04. The highest BCUT2D eigenvalue weighted by Gasteiger charge is 2.20. The summed E-state index contributed by atoms with van der Waals surface area (Å²) in [6.07, 6.45) is 3.04. The topological polar surface area (TPSA) is 59.2 Å². The van der Waals surface area contributed by atoms with Crippen LogP contribution in [-0.4, -0.2) is 34.0 Å². The van der Waals surface area contributed by atoms with Crippen LogP contribution in [0.2, 0.25) is 0 Å². The molecule has 25 heavy (non-hydrogen) atoms. The summed E-state index contributed by atoms with van der Waals surface area (Å²) in [5, 5.41) is 6.00. The Bertz CT molecular complexity index is 928. The van der Waals surface area contributed by atoms with Gasteiger partial charge in [-0.2, -0.15) is 4.98 Å². The number of carbonyl (C=O) groups excluding carboxylic acids is 1. The summed E-state index contributed by atoms with van der Waals surface area (Å²) in [5.74, 6) is 1.04. The van der Waals surface area contributed by atoms with Gasteiger partial charge in [-0.3, -0.25) is 4.79 Å². The van der Waals surface area contributed by atoms with Gasteiger partial charge in [0.25, 0.3) is 5.91 Å². The van der Waals surface area contributed by atoms with Crippen molar-refractivity contribution in [3.05, 3.63) is 64.2 Å². The van der Waals surface area contributed by atoms with Gasteiger partial charge < -0.3 is 9.42 Å². The van der Waals surface area contributed by atoms with Gasteiger partial charge in [-0.1, -0.05) is 29.4 Å². The number of aromatic nitrogens is 2. The van der Waals surface area contributed by atoms with Crippen molar-refractivity contribution in [3.63, 3.8) is 0 Å². The van der Waals surface area contributed by atoms with Crippen molar-refractivity contribution in [2.75, 3.05) is 13.1 Å². The Hall–Kier alpha value is -2.73. The van der Waals surface area contributed by atoms with E-state index in [1.165, 1.54) is 10.5 Å². The standard InChI is InChI=1S/C19H17N3O2S/c1-13-20-18(21-24-13)15-4-2-5-16(12-15)19(23)22-9-7-14(8-10-22)17-6-3-11-25-17/h2-7,11-12H,8-10H2,1H3. The van der Waals surface area contributed by atoms with Gasteiger partial charge in [-0.15, -0.1) is 11.3 Å². The summed E-state index contributed by atoms with van der Waals surface area (Å²) >= 11 is 1.74. The maximum absolute atomic E-state index is 12.8. The molecule has 0 atom stereocenters. The molecular formula is C19H17N3O2S. The van der Waals surface area contributed by atoms with Crippen LogP contribution in [0.5, 0.6) is 0 Å². The molecule has 1 aliphatic heterocycles. The number of benzene rings is 1. The second-order valence-electron chi connectivity index (χ2n) is 5.93. The summed E-state index contributed by atoms with van der Waals surface area (Å²) in [7, 11) is 0. The summed E-state index contributed by atoms with van der Waals surface area (Å²) in [4.78, 5) is 20.2. The third-order valence-electron chi connectivity index (χ3n) is 4.23. The van der Waals surface area contributed by atoms with E-state index in [9.17, 15) is 4.79 Å². The molecule has 1 aromatic carbocycles. The first-order valence-electron chi connectivity index (χ1n) is 8.13. The molecule has 0 spiro atoms. The summed E-state index contributed by atoms with van der Waals surface area (Å²) in [6.45, 7) is 3.11. The van der Waals surface area contributed by atoms with Gasteiger partial charge in [0.05, 0.1) is 0 Å². The Morgan fingerprint density at radius 2 is 2.20 bits per heavy atom. The molecule has 0 fully saturated rings. The molecular weight excluding hydrogens is 334 g/mol. The molecule has 0 unspecified atom stereocenters. The first kappa shape index (κ1) is 15.8. The minimum absolute atomic E-state index is 0.0311. The molecule has 5 nitrogen and oxygen atoms in total. The minimum Gasteiger partial charge on any atom is -0.339 e. The fourth-order valence-corrected chi connectivity index (χ4v) is 3.73. The third kappa shape index (κ3) is 3.25. The van der Waals surface area contributed by atoms with Gasteiger partial charge >= 0.3 is 0 Å². The molecule has 126 valence electrons. The number of aryl methyl sites for hydroxylation is 1. The van der Waals surface area contributed by atoms with Crippen molar-refractivity contribution in [2.24, 2.45) is 0 Å². The average Bonchev–Trinajstić information content (AvgIpc) is 3.33. The van der Waals surface area contributed by atoms with Crippen molar-refractivity contribution >= 4 is 22.8 Å². The van der Waals surface area contributed by atoms with Crippen LogP contribution in [0.1, 0.15) is 27.5 Å². The van der Waals surface area contributed by atoms with Crippen LogP contribution in [-0.2, 0) is 0 Å². The number of hydrogen-bond donors (Lipinski definition) is 0. The molecule has 3 aromatic rings. The van der Waals surface area contributed by atoms with Crippen LogP contribution in [0.4, 0.5) is 0 Å². The molecule has 0 saturated heterocycles. The molecule has 2 aromatic heterocycles. The zero-order chi connectivity index (χ0) is 17.2. The van der Waals surface area contributed by atoms with Crippen LogP contribution >= 0.6 is 11.3 Å². The second kappa shape index (κ2) is 6.64. The molecule has 1 amide bonds. The normalized spacial score (nSPS) is 14.4. The van der Waals surface area contributed by atoms with E-state index in [-0.39, 0.29) is 5.91 Å². The van der Waals surface area contributed by atoms with Gasteiger partial charge in [0.1, 0.15) is 0 Å². The lowest BCUT2D eigenvalue weighted by Gasteiger charge is -2.26. The minimum atomic E-state index is 0.0311. The van der Waals surface area contributed by atoms with Gasteiger partial charge in [0, 0.05) is 36.0 Å². The first-order valence-corrected chi connectivity index (χ1v) is 9.01. The Kier molecular flexibility index (Phi) is 4.19. The van der Waals surface area contributed by atoms with E-state index in [4.69, 9.17) is 4.52 Å². The Labute approximate surface area is 149 Å². The highest BCUT2D eigenvalue weighted by molar-refractivity contribution is 7.11. The van der Waals surface area contributed by atoms with Crippen molar-refractivity contribution < 1.29 is 9.32 Å². The molecule has 3 heterocycles. The highest BCUT2D eigenvalue weighted by Crippen LogP contribution is 2.27. The molecule has 0 radical (unpaired) electrons. The number of amides is 1. The zero-order valence-corrected chi connectivity index (χ0v) is 14.6. The number of carbonyl (C=O) groups is 1. The fraction of sp³-hybridized carbons (Fsp3) is 0.211. The van der Waals surface area contributed by atoms with Crippen LogP contribution in [0.15, 0.2) is 52.4 Å². The smallest absolute Gasteiger partial charge is 0.254 e. The maximum atomic E-state index is 12.8. The van der Waals surface area contributed by atoms with E-state index in [2.05, 4.69) is 33.7 Å². The van der Waals surface area contributed by atoms with Gasteiger partial charge in [-0.05, 0) is 35.6 Å². The Morgan fingerprint density at radius 3 is 2.88 bits per heavy atom. The van der Waals surface area contributed by atoms with Gasteiger partial charge in [0.2, 0.25) is 11.7 Å². The number of hydrogen-bond acceptors (Lipinski definition) is 5. The van der Waals surface area contributed by atoms with Crippen molar-refractivity contribution in [3.8, 4) is 11.4 Å². The largest absolute Gasteiger partial charge is 0.339 e. The fourth-order valence-electron chi connectivity index (χ4n) is 2.93. The summed E-state index contributed by atoms with van der Waals surface area (Å²) in [6, 6.07) is 11.6. The highest BCUT2D eigenvalue weighted by atomic mass is 32.1. The van der Waals surface area contributed by atoms with Gasteiger partial charge in [-0.25, -0.2) is 0 Å². The molecule has 0 N–H and O–H groups in total. The van der Waals surface area contributed by atoms with Crippen molar-refractivity contribution in [1.82, 2.24) is 15.0 Å². The lowest BCUT2D eigenvalue weighted by atomic mass is 10.0. The van der Waals surface area contributed by atoms with E-state index in [0.717, 1.165) is 18.5 Å². The summed E-state index contributed by atoms with van der Waals surface area (Å²) in [5.41, 5.74) is 2.76. The molecule has 0 aliphatic carbocycles. The monoisotopic (exact) mass is 351 g/mol. The second-order valence-corrected chi connectivity index (χ2v) is 6.87. The van der Waals surface area contributed by atoms with Gasteiger partial charge in [0.15, 0.2) is 0 Å². The Balaban J connectivity index is 1.52. The number of thiophene rings is 1. The van der Waals surface area contributed by atoms with Crippen LogP contribution < -0.4 is 0 Å². The quantitative estimate of drug-likeness (QED) is 0.715. The molecule has 0 bridgehead atoms. The number of nitrogens with zero attached hydrogens (tertiary/aromatic N) is 3. The van der Waals surface area contributed by atoms with E-state index < -0.39 is 0 Å². The lowest BCUT2D eigenvalue weighted by Crippen LogP contribution is -2.34. The molecule has 1 aliphatic rings. The van der Waals surface area contributed by atoms with Crippen LogP contribution in [0, 0.1) is 6.92 Å². The van der Waals surface area contributed by atoms with E-state index in [0.29, 0.717) is 23.8 Å². The molecule has 4 rings (SSSR count). The van der Waals surface area contributed by atoms with E-state index in [1.54, 1.807) is 18.3 Å².